The first kappa shape index (κ1) is 13.8. The number of pyridine rings is 1. The number of carbonyl (C=O) groups excluding carboxylic acids is 1. The number of rotatable bonds is 4. The highest BCUT2D eigenvalue weighted by Crippen LogP contribution is 2.22. The lowest BCUT2D eigenvalue weighted by molar-refractivity contribution is -0.123. The Morgan fingerprint density at radius 1 is 1.24 bits per heavy atom. The van der Waals surface area contributed by atoms with Gasteiger partial charge in [-0.2, -0.15) is 0 Å². The number of nitrogens with zero attached hydrogens (tertiary/aromatic N) is 1. The molecule has 1 amide bonds. The van der Waals surface area contributed by atoms with E-state index in [4.69, 9.17) is 0 Å². The summed E-state index contributed by atoms with van der Waals surface area (Å²) in [5, 5.41) is 6.30. The summed E-state index contributed by atoms with van der Waals surface area (Å²) in [5.74, 6) is 0.0399. The fraction of sp³-hybridized carbons (Fsp3) is 0.294. The second-order valence-corrected chi connectivity index (χ2v) is 5.20. The molecule has 0 radical (unpaired) electrons. The summed E-state index contributed by atoms with van der Waals surface area (Å²) in [7, 11) is 0. The molecule has 1 aromatic carbocycles. The summed E-state index contributed by atoms with van der Waals surface area (Å²) in [6, 6.07) is 13.7. The Balaban J connectivity index is 1.59. The van der Waals surface area contributed by atoms with Crippen LogP contribution >= 0.6 is 0 Å². The van der Waals surface area contributed by atoms with E-state index in [2.05, 4.69) is 21.7 Å². The predicted octanol–water partition coefficient (Wildman–Crippen LogP) is 1.63. The number of hydrogen-bond acceptors (Lipinski definition) is 3. The van der Waals surface area contributed by atoms with Gasteiger partial charge >= 0.3 is 0 Å². The summed E-state index contributed by atoms with van der Waals surface area (Å²) >= 11 is 0. The van der Waals surface area contributed by atoms with E-state index in [9.17, 15) is 4.79 Å². The smallest absolute Gasteiger partial charge is 0.241 e. The second-order valence-electron chi connectivity index (χ2n) is 5.20. The predicted molar refractivity (Wildman–Crippen MR) is 81.8 cm³/mol. The van der Waals surface area contributed by atoms with Gasteiger partial charge in [0.2, 0.25) is 5.91 Å². The Bertz CT molecular complexity index is 612. The van der Waals surface area contributed by atoms with E-state index in [1.54, 1.807) is 6.20 Å². The Labute approximate surface area is 124 Å². The van der Waals surface area contributed by atoms with E-state index in [0.29, 0.717) is 6.54 Å². The molecular formula is C17H19N3O. The van der Waals surface area contributed by atoms with Crippen LogP contribution in [0.5, 0.6) is 0 Å². The molecule has 0 saturated carbocycles. The van der Waals surface area contributed by atoms with Crippen molar-refractivity contribution < 1.29 is 4.79 Å². The Hall–Kier alpha value is -2.20. The number of amides is 1. The van der Waals surface area contributed by atoms with E-state index < -0.39 is 0 Å². The molecule has 4 heteroatoms. The topological polar surface area (TPSA) is 54.0 Å². The third kappa shape index (κ3) is 3.28. The molecule has 0 spiro atoms. The standard InChI is InChI=1S/C17H19N3O/c21-17(20-12-9-14-6-3-4-10-18-14)16-15-7-2-1-5-13(15)8-11-19-16/h1-7,10,16,19H,8-9,11-12H2,(H,20,21). The normalized spacial score (nSPS) is 17.0. The molecule has 0 fully saturated rings. The lowest BCUT2D eigenvalue weighted by Gasteiger charge is -2.26. The molecule has 0 bridgehead atoms. The van der Waals surface area contributed by atoms with Crippen LogP contribution in [0.1, 0.15) is 22.9 Å². The minimum atomic E-state index is -0.237. The van der Waals surface area contributed by atoms with Crippen molar-refractivity contribution in [1.82, 2.24) is 15.6 Å². The molecular weight excluding hydrogens is 262 g/mol. The first-order chi connectivity index (χ1) is 10.3. The third-order valence-electron chi connectivity index (χ3n) is 3.78. The van der Waals surface area contributed by atoms with E-state index in [1.807, 2.05) is 36.4 Å². The number of fused-ring (bicyclic) bond motifs is 1. The van der Waals surface area contributed by atoms with E-state index in [1.165, 1.54) is 5.56 Å². The number of aromatic nitrogens is 1. The SMILES string of the molecule is O=C(NCCc1ccccn1)C1NCCc2ccccc21. The Morgan fingerprint density at radius 3 is 2.95 bits per heavy atom. The molecule has 2 aromatic rings. The summed E-state index contributed by atoms with van der Waals surface area (Å²) in [6.45, 7) is 1.45. The second kappa shape index (κ2) is 6.50. The van der Waals surface area contributed by atoms with Crippen LogP contribution in [0.15, 0.2) is 48.7 Å². The summed E-state index contributed by atoms with van der Waals surface area (Å²) in [6.07, 6.45) is 3.50. The van der Waals surface area contributed by atoms with Crippen molar-refractivity contribution in [2.75, 3.05) is 13.1 Å². The fourth-order valence-corrected chi connectivity index (χ4v) is 2.70. The molecule has 1 aliphatic rings. The van der Waals surface area contributed by atoms with Crippen LogP contribution in [0, 0.1) is 0 Å². The molecule has 4 nitrogen and oxygen atoms in total. The largest absolute Gasteiger partial charge is 0.354 e. The highest BCUT2D eigenvalue weighted by atomic mass is 16.2. The van der Waals surface area contributed by atoms with Crippen molar-refractivity contribution in [3.63, 3.8) is 0 Å². The van der Waals surface area contributed by atoms with Gasteiger partial charge in [0.05, 0.1) is 0 Å². The zero-order valence-electron chi connectivity index (χ0n) is 11.9. The van der Waals surface area contributed by atoms with Crippen molar-refractivity contribution in [3.05, 3.63) is 65.5 Å². The first-order valence-corrected chi connectivity index (χ1v) is 7.33. The van der Waals surface area contributed by atoms with Gasteiger partial charge in [-0.3, -0.25) is 9.78 Å². The molecule has 1 aliphatic heterocycles. The van der Waals surface area contributed by atoms with Gasteiger partial charge in [-0.15, -0.1) is 0 Å². The van der Waals surface area contributed by atoms with Crippen LogP contribution < -0.4 is 10.6 Å². The average Bonchev–Trinajstić information content (AvgIpc) is 2.55. The molecule has 1 unspecified atom stereocenters. The molecule has 1 aromatic heterocycles. The maximum atomic E-state index is 12.4. The van der Waals surface area contributed by atoms with Crippen molar-refractivity contribution in [3.8, 4) is 0 Å². The van der Waals surface area contributed by atoms with Gasteiger partial charge in [-0.1, -0.05) is 30.3 Å². The highest BCUT2D eigenvalue weighted by molar-refractivity contribution is 5.83. The van der Waals surface area contributed by atoms with E-state index in [-0.39, 0.29) is 11.9 Å². The van der Waals surface area contributed by atoms with Crippen LogP contribution in [0.25, 0.3) is 0 Å². The van der Waals surface area contributed by atoms with Crippen LogP contribution in [0.2, 0.25) is 0 Å². The molecule has 2 heterocycles. The number of carbonyl (C=O) groups is 1. The van der Waals surface area contributed by atoms with Crippen LogP contribution in [-0.2, 0) is 17.6 Å². The summed E-state index contributed by atoms with van der Waals surface area (Å²) < 4.78 is 0. The van der Waals surface area contributed by atoms with Crippen molar-refractivity contribution in [1.29, 1.82) is 0 Å². The Morgan fingerprint density at radius 2 is 2.10 bits per heavy atom. The van der Waals surface area contributed by atoms with Gasteiger partial charge in [0.15, 0.2) is 0 Å². The molecule has 3 rings (SSSR count). The summed E-state index contributed by atoms with van der Waals surface area (Å²) in [5.41, 5.74) is 3.36. The Kier molecular flexibility index (Phi) is 4.26. The molecule has 0 saturated heterocycles. The summed E-state index contributed by atoms with van der Waals surface area (Å²) in [4.78, 5) is 16.6. The lowest BCUT2D eigenvalue weighted by Crippen LogP contribution is -2.42. The first-order valence-electron chi connectivity index (χ1n) is 7.33. The zero-order chi connectivity index (χ0) is 14.5. The van der Waals surface area contributed by atoms with Gasteiger partial charge in [0, 0.05) is 31.4 Å². The van der Waals surface area contributed by atoms with Crippen LogP contribution in [-0.4, -0.2) is 24.0 Å². The molecule has 21 heavy (non-hydrogen) atoms. The number of nitrogens with one attached hydrogen (secondary N) is 2. The van der Waals surface area contributed by atoms with Crippen LogP contribution in [0.4, 0.5) is 0 Å². The quantitative estimate of drug-likeness (QED) is 0.895. The highest BCUT2D eigenvalue weighted by Gasteiger charge is 2.25. The monoisotopic (exact) mass is 281 g/mol. The number of benzene rings is 1. The van der Waals surface area contributed by atoms with Crippen molar-refractivity contribution >= 4 is 5.91 Å². The van der Waals surface area contributed by atoms with E-state index in [0.717, 1.165) is 30.6 Å². The third-order valence-corrected chi connectivity index (χ3v) is 3.78. The fourth-order valence-electron chi connectivity index (χ4n) is 2.70. The molecule has 2 N–H and O–H groups in total. The van der Waals surface area contributed by atoms with E-state index >= 15 is 0 Å². The molecule has 108 valence electrons. The molecule has 1 atom stereocenters. The maximum Gasteiger partial charge on any atom is 0.241 e. The van der Waals surface area contributed by atoms with Gasteiger partial charge < -0.3 is 10.6 Å². The van der Waals surface area contributed by atoms with Gasteiger partial charge in [-0.05, 0) is 29.7 Å². The average molecular weight is 281 g/mol. The van der Waals surface area contributed by atoms with Crippen LogP contribution in [0.3, 0.4) is 0 Å². The minimum Gasteiger partial charge on any atom is -0.354 e. The molecule has 0 aliphatic carbocycles. The van der Waals surface area contributed by atoms with Crippen molar-refractivity contribution in [2.24, 2.45) is 0 Å². The van der Waals surface area contributed by atoms with Gasteiger partial charge in [-0.25, -0.2) is 0 Å². The maximum absolute atomic E-state index is 12.4. The minimum absolute atomic E-state index is 0.0399. The van der Waals surface area contributed by atoms with Gasteiger partial charge in [0.1, 0.15) is 6.04 Å². The zero-order valence-corrected chi connectivity index (χ0v) is 11.9. The number of hydrogen-bond donors (Lipinski definition) is 2. The van der Waals surface area contributed by atoms with Crippen molar-refractivity contribution in [2.45, 2.75) is 18.9 Å². The lowest BCUT2D eigenvalue weighted by atomic mass is 9.94. The van der Waals surface area contributed by atoms with Gasteiger partial charge in [0.25, 0.3) is 0 Å².